The van der Waals surface area contributed by atoms with Gasteiger partial charge in [-0.25, -0.2) is 9.59 Å². The second-order valence-electron chi connectivity index (χ2n) is 5.81. The molecule has 0 aliphatic carbocycles. The monoisotopic (exact) mass is 312 g/mol. The topological polar surface area (TPSA) is 67.9 Å². The molecule has 0 bridgehead atoms. The smallest absolute Gasteiger partial charge is 0.426 e. The summed E-state index contributed by atoms with van der Waals surface area (Å²) < 4.78 is 4.90. The van der Waals surface area contributed by atoms with Gasteiger partial charge in [0, 0.05) is 18.2 Å². The van der Waals surface area contributed by atoms with E-state index in [4.69, 9.17) is 9.57 Å². The van der Waals surface area contributed by atoms with Gasteiger partial charge in [0.05, 0.1) is 6.54 Å². The molecular formula is C16H28N2O4. The second-order valence-corrected chi connectivity index (χ2v) is 5.81. The van der Waals surface area contributed by atoms with Gasteiger partial charge in [0.25, 0.3) is 0 Å². The predicted molar refractivity (Wildman–Crippen MR) is 84.1 cm³/mol. The molecule has 0 aromatic heterocycles. The van der Waals surface area contributed by atoms with Gasteiger partial charge in [0.2, 0.25) is 0 Å². The molecular weight excluding hydrogens is 284 g/mol. The van der Waals surface area contributed by atoms with Gasteiger partial charge >= 0.3 is 12.1 Å². The Morgan fingerprint density at radius 3 is 2.77 bits per heavy atom. The van der Waals surface area contributed by atoms with Gasteiger partial charge in [-0.3, -0.25) is 0 Å². The van der Waals surface area contributed by atoms with Crippen molar-refractivity contribution in [3.8, 4) is 0 Å². The third-order valence-corrected chi connectivity index (χ3v) is 3.95. The van der Waals surface area contributed by atoms with Crippen LogP contribution < -0.4 is 5.32 Å². The van der Waals surface area contributed by atoms with E-state index in [1.807, 2.05) is 0 Å². The summed E-state index contributed by atoms with van der Waals surface area (Å²) in [6, 6.07) is 0.283. The third-order valence-electron chi connectivity index (χ3n) is 3.95. The number of ether oxygens (including phenoxy) is 1. The Labute approximate surface area is 132 Å². The molecule has 0 aromatic rings. The van der Waals surface area contributed by atoms with Crippen LogP contribution in [0.15, 0.2) is 12.2 Å². The zero-order valence-electron chi connectivity index (χ0n) is 13.9. The molecule has 0 spiro atoms. The Morgan fingerprint density at radius 2 is 2.14 bits per heavy atom. The van der Waals surface area contributed by atoms with E-state index in [-0.39, 0.29) is 19.2 Å². The van der Waals surface area contributed by atoms with E-state index in [0.717, 1.165) is 25.8 Å². The summed E-state index contributed by atoms with van der Waals surface area (Å²) in [4.78, 5) is 28.4. The molecule has 1 aliphatic rings. The average Bonchev–Trinajstić information content (AvgIpc) is 2.51. The SMILES string of the molecule is C=C(C)C(=O)OCCNC(=O)ON1CCCCC1C(C)CC. The number of nitrogens with one attached hydrogen (secondary N) is 1. The molecule has 1 fully saturated rings. The van der Waals surface area contributed by atoms with Crippen LogP contribution in [-0.4, -0.2) is 42.9 Å². The molecule has 1 rings (SSSR count). The van der Waals surface area contributed by atoms with Crippen LogP contribution in [0.5, 0.6) is 0 Å². The van der Waals surface area contributed by atoms with Crippen LogP contribution in [0, 0.1) is 5.92 Å². The molecule has 1 amide bonds. The highest BCUT2D eigenvalue weighted by molar-refractivity contribution is 5.86. The highest BCUT2D eigenvalue weighted by Crippen LogP contribution is 2.25. The van der Waals surface area contributed by atoms with E-state index < -0.39 is 12.1 Å². The van der Waals surface area contributed by atoms with Crippen molar-refractivity contribution in [2.24, 2.45) is 5.92 Å². The van der Waals surface area contributed by atoms with Crippen LogP contribution in [0.3, 0.4) is 0 Å². The number of amides is 1. The summed E-state index contributed by atoms with van der Waals surface area (Å²) in [6.45, 7) is 10.5. The maximum absolute atomic E-state index is 11.8. The lowest BCUT2D eigenvalue weighted by molar-refractivity contribution is -0.158. The summed E-state index contributed by atoms with van der Waals surface area (Å²) in [5, 5.41) is 4.39. The summed E-state index contributed by atoms with van der Waals surface area (Å²) in [5.74, 6) is 0.0349. The van der Waals surface area contributed by atoms with Crippen molar-refractivity contribution in [1.82, 2.24) is 10.4 Å². The second kappa shape index (κ2) is 9.46. The number of carbonyl (C=O) groups is 2. The molecule has 6 heteroatoms. The number of piperidine rings is 1. The van der Waals surface area contributed by atoms with Crippen molar-refractivity contribution < 1.29 is 19.2 Å². The van der Waals surface area contributed by atoms with Crippen LogP contribution in [-0.2, 0) is 14.4 Å². The molecule has 1 heterocycles. The number of hydroxylamine groups is 2. The van der Waals surface area contributed by atoms with E-state index in [1.165, 1.54) is 6.42 Å². The maximum Gasteiger partial charge on any atom is 0.426 e. The van der Waals surface area contributed by atoms with Crippen molar-refractivity contribution in [3.05, 3.63) is 12.2 Å². The van der Waals surface area contributed by atoms with Crippen molar-refractivity contribution in [1.29, 1.82) is 0 Å². The van der Waals surface area contributed by atoms with Gasteiger partial charge in [0.15, 0.2) is 0 Å². The van der Waals surface area contributed by atoms with Crippen molar-refractivity contribution >= 4 is 12.1 Å². The summed E-state index contributed by atoms with van der Waals surface area (Å²) in [6.07, 6.45) is 3.83. The predicted octanol–water partition coefficient (Wildman–Crippen LogP) is 2.65. The number of nitrogens with zero attached hydrogens (tertiary/aromatic N) is 1. The lowest BCUT2D eigenvalue weighted by Gasteiger charge is -2.36. The largest absolute Gasteiger partial charge is 0.460 e. The molecule has 126 valence electrons. The van der Waals surface area contributed by atoms with Gasteiger partial charge in [0.1, 0.15) is 6.61 Å². The third kappa shape index (κ3) is 6.05. The van der Waals surface area contributed by atoms with E-state index in [0.29, 0.717) is 11.5 Å². The Bertz CT molecular complexity index is 398. The standard InChI is InChI=1S/C16H28N2O4/c1-5-13(4)14-8-6-7-10-18(14)22-16(20)17-9-11-21-15(19)12(2)3/h13-14H,2,5-11H2,1,3-4H3,(H,17,20). The minimum absolute atomic E-state index is 0.107. The molecule has 1 aliphatic heterocycles. The van der Waals surface area contributed by atoms with Gasteiger partial charge < -0.3 is 14.9 Å². The minimum Gasteiger partial charge on any atom is -0.460 e. The quantitative estimate of drug-likeness (QED) is 0.445. The van der Waals surface area contributed by atoms with Crippen molar-refractivity contribution in [2.45, 2.75) is 52.5 Å². The molecule has 0 aromatic carbocycles. The number of rotatable bonds is 7. The molecule has 2 atom stereocenters. The highest BCUT2D eigenvalue weighted by Gasteiger charge is 2.29. The molecule has 1 N–H and O–H groups in total. The van der Waals surface area contributed by atoms with Gasteiger partial charge in [-0.1, -0.05) is 33.3 Å². The summed E-state index contributed by atoms with van der Waals surface area (Å²) in [7, 11) is 0. The van der Waals surface area contributed by atoms with E-state index >= 15 is 0 Å². The normalized spacial score (nSPS) is 20.0. The van der Waals surface area contributed by atoms with Gasteiger partial charge in [-0.2, -0.15) is 0 Å². The average molecular weight is 312 g/mol. The Hall–Kier alpha value is -1.56. The summed E-state index contributed by atoms with van der Waals surface area (Å²) >= 11 is 0. The molecule has 0 radical (unpaired) electrons. The first-order chi connectivity index (χ1) is 10.5. The fourth-order valence-corrected chi connectivity index (χ4v) is 2.44. The van der Waals surface area contributed by atoms with Gasteiger partial charge in [-0.15, -0.1) is 5.06 Å². The number of hydrogen-bond donors (Lipinski definition) is 1. The zero-order valence-corrected chi connectivity index (χ0v) is 13.9. The minimum atomic E-state index is -0.499. The van der Waals surface area contributed by atoms with Crippen molar-refractivity contribution in [3.63, 3.8) is 0 Å². The Kier molecular flexibility index (Phi) is 7.95. The Balaban J connectivity index is 2.30. The number of esters is 1. The zero-order chi connectivity index (χ0) is 16.5. The molecule has 2 unspecified atom stereocenters. The first-order valence-corrected chi connectivity index (χ1v) is 8.00. The van der Waals surface area contributed by atoms with E-state index in [9.17, 15) is 9.59 Å². The van der Waals surface area contributed by atoms with E-state index in [1.54, 1.807) is 12.0 Å². The number of hydrogen-bond acceptors (Lipinski definition) is 5. The molecule has 1 saturated heterocycles. The lowest BCUT2D eigenvalue weighted by Crippen LogP contribution is -2.46. The molecule has 6 nitrogen and oxygen atoms in total. The fourth-order valence-electron chi connectivity index (χ4n) is 2.44. The first kappa shape index (κ1) is 18.5. The van der Waals surface area contributed by atoms with Crippen LogP contribution in [0.25, 0.3) is 0 Å². The van der Waals surface area contributed by atoms with Crippen LogP contribution in [0.4, 0.5) is 4.79 Å². The maximum atomic E-state index is 11.8. The van der Waals surface area contributed by atoms with Crippen molar-refractivity contribution in [2.75, 3.05) is 19.7 Å². The van der Waals surface area contributed by atoms with Crippen LogP contribution in [0.1, 0.15) is 46.5 Å². The lowest BCUT2D eigenvalue weighted by atomic mass is 9.91. The van der Waals surface area contributed by atoms with Crippen LogP contribution in [0.2, 0.25) is 0 Å². The molecule has 0 saturated carbocycles. The van der Waals surface area contributed by atoms with Gasteiger partial charge in [-0.05, 0) is 25.7 Å². The number of carbonyl (C=O) groups excluding carboxylic acids is 2. The van der Waals surface area contributed by atoms with E-state index in [2.05, 4.69) is 25.7 Å². The van der Waals surface area contributed by atoms with Crippen LogP contribution >= 0.6 is 0 Å². The molecule has 22 heavy (non-hydrogen) atoms. The Morgan fingerprint density at radius 1 is 1.41 bits per heavy atom. The summed E-state index contributed by atoms with van der Waals surface area (Å²) in [5.41, 5.74) is 0.340. The first-order valence-electron chi connectivity index (χ1n) is 8.00. The fraction of sp³-hybridized carbons (Fsp3) is 0.750. The highest BCUT2D eigenvalue weighted by atomic mass is 16.7.